The van der Waals surface area contributed by atoms with E-state index < -0.39 is 24.3 Å². The van der Waals surface area contributed by atoms with E-state index in [4.69, 9.17) is 23.7 Å². The first-order valence-corrected chi connectivity index (χ1v) is 13.6. The summed E-state index contributed by atoms with van der Waals surface area (Å²) in [6.07, 6.45) is 1.97. The van der Waals surface area contributed by atoms with Crippen LogP contribution in [-0.2, 0) is 9.53 Å². The van der Waals surface area contributed by atoms with Gasteiger partial charge in [-0.1, -0.05) is 18.7 Å². The van der Waals surface area contributed by atoms with Gasteiger partial charge in [-0.05, 0) is 66.3 Å². The van der Waals surface area contributed by atoms with Gasteiger partial charge in [0, 0.05) is 14.8 Å². The van der Waals surface area contributed by atoms with E-state index in [1.54, 1.807) is 38.3 Å². The van der Waals surface area contributed by atoms with Crippen molar-refractivity contribution >= 4 is 40.8 Å². The molecule has 220 valence electrons. The van der Waals surface area contributed by atoms with Crippen molar-refractivity contribution in [3.63, 3.8) is 0 Å². The number of urea groups is 1. The Bertz CT molecular complexity index is 1330. The second kappa shape index (κ2) is 15.1. The Labute approximate surface area is 251 Å². The van der Waals surface area contributed by atoms with Crippen molar-refractivity contribution in [2.75, 3.05) is 34.0 Å². The third-order valence-corrected chi connectivity index (χ3v) is 6.34. The monoisotopic (exact) mass is 680 g/mol. The van der Waals surface area contributed by atoms with Crippen LogP contribution in [0.3, 0.4) is 0 Å². The molecule has 12 nitrogen and oxygen atoms in total. The highest BCUT2D eigenvalue weighted by molar-refractivity contribution is 14.1. The molecule has 2 aromatic carbocycles. The maximum absolute atomic E-state index is 12.4. The number of hydrogen-bond acceptors (Lipinski definition) is 10. The number of rotatable bonds is 14. The molecule has 1 heterocycles. The molecule has 0 aromatic heterocycles. The quantitative estimate of drug-likeness (QED) is 0.0589. The molecule has 4 N–H and O–H groups in total. The Morgan fingerprint density at radius 3 is 2.66 bits per heavy atom. The fourth-order valence-corrected chi connectivity index (χ4v) is 4.57. The first kappa shape index (κ1) is 31.5. The van der Waals surface area contributed by atoms with Crippen molar-refractivity contribution < 1.29 is 38.4 Å². The van der Waals surface area contributed by atoms with E-state index in [1.807, 2.05) is 19.1 Å². The van der Waals surface area contributed by atoms with E-state index in [9.17, 15) is 14.7 Å². The van der Waals surface area contributed by atoms with E-state index in [2.05, 4.69) is 50.3 Å². The molecule has 0 saturated carbocycles. The number of halogens is 1. The number of methoxy groups -OCH3 is 2. The van der Waals surface area contributed by atoms with Gasteiger partial charge in [0.2, 0.25) is 0 Å². The van der Waals surface area contributed by atoms with E-state index in [-0.39, 0.29) is 18.8 Å². The molecular weight excluding hydrogens is 647 g/mol. The van der Waals surface area contributed by atoms with Crippen LogP contribution in [0.15, 0.2) is 59.4 Å². The molecule has 41 heavy (non-hydrogen) atoms. The second-order valence-corrected chi connectivity index (χ2v) is 9.79. The van der Waals surface area contributed by atoms with Gasteiger partial charge in [-0.25, -0.2) is 9.59 Å². The number of aliphatic hydroxyl groups is 1. The second-order valence-electron chi connectivity index (χ2n) is 8.54. The zero-order valence-electron chi connectivity index (χ0n) is 23.2. The van der Waals surface area contributed by atoms with Gasteiger partial charge < -0.3 is 39.4 Å². The molecule has 0 spiro atoms. The zero-order valence-corrected chi connectivity index (χ0v) is 25.3. The number of nitrogens with one attached hydrogen (secondary N) is 3. The van der Waals surface area contributed by atoms with Crippen LogP contribution in [0.5, 0.6) is 23.0 Å². The molecule has 0 unspecified atom stereocenters. The number of benzene rings is 2. The summed E-state index contributed by atoms with van der Waals surface area (Å²) in [4.78, 5) is 24.6. The minimum Gasteiger partial charge on any atom is -0.493 e. The number of aliphatic hydroxyl groups excluding tert-OH is 1. The molecule has 13 heteroatoms. The van der Waals surface area contributed by atoms with Crippen molar-refractivity contribution in [3.8, 4) is 23.0 Å². The summed E-state index contributed by atoms with van der Waals surface area (Å²) in [5.41, 5.74) is 4.51. The smallest absolute Gasteiger partial charge is 0.337 e. The topological polar surface area (TPSA) is 149 Å². The third kappa shape index (κ3) is 8.27. The molecule has 1 aliphatic heterocycles. The highest BCUT2D eigenvalue weighted by Gasteiger charge is 2.32. The normalized spacial score (nSPS) is 15.5. The van der Waals surface area contributed by atoms with E-state index in [1.165, 1.54) is 13.3 Å². The van der Waals surface area contributed by atoms with Crippen LogP contribution in [0, 0.1) is 3.57 Å². The summed E-state index contributed by atoms with van der Waals surface area (Å²) >= 11 is 2.16. The van der Waals surface area contributed by atoms with Crippen molar-refractivity contribution in [3.05, 3.63) is 69.0 Å². The highest BCUT2D eigenvalue weighted by atomic mass is 127. The lowest BCUT2D eigenvalue weighted by atomic mass is 9.95. The van der Waals surface area contributed by atoms with Gasteiger partial charge in [0.15, 0.2) is 29.2 Å². The number of hydrazone groups is 1. The Morgan fingerprint density at radius 2 is 1.98 bits per heavy atom. The standard InChI is InChI=1S/C28H33IN4O8/c1-6-10-40-26-18(11-19(29)13-22(26)37-4)14-30-33-23(34)15-41-20-9-8-17(12-21(20)39-7-2)25-24(27(35)38-5)16(3)31-28(36)32-25/h6,8-9,11-14,23,25,33-34H,1,7,10,15H2,2-5H3,(H2,31,32,36)/b30-14+/t23-,25+/m0/s1. The number of amides is 2. The lowest BCUT2D eigenvalue weighted by Gasteiger charge is -2.28. The molecule has 2 aromatic rings. The van der Waals surface area contributed by atoms with Crippen molar-refractivity contribution in [1.29, 1.82) is 0 Å². The van der Waals surface area contributed by atoms with Gasteiger partial charge in [-0.2, -0.15) is 5.10 Å². The van der Waals surface area contributed by atoms with Crippen LogP contribution in [0.1, 0.15) is 31.0 Å². The maximum atomic E-state index is 12.4. The van der Waals surface area contributed by atoms with Crippen LogP contribution < -0.4 is 35.0 Å². The summed E-state index contributed by atoms with van der Waals surface area (Å²) in [5.74, 6) is 1.19. The number of carbonyl (C=O) groups is 2. The number of hydrogen-bond donors (Lipinski definition) is 4. The summed E-state index contributed by atoms with van der Waals surface area (Å²) in [5, 5.41) is 19.9. The third-order valence-electron chi connectivity index (χ3n) is 5.71. The molecule has 2 atom stereocenters. The van der Waals surface area contributed by atoms with E-state index >= 15 is 0 Å². The summed E-state index contributed by atoms with van der Waals surface area (Å²) in [7, 11) is 2.82. The number of ether oxygens (including phenoxy) is 5. The largest absolute Gasteiger partial charge is 0.493 e. The van der Waals surface area contributed by atoms with Gasteiger partial charge in [0.05, 0.1) is 38.7 Å². The molecule has 0 radical (unpaired) electrons. The minimum absolute atomic E-state index is 0.164. The number of esters is 1. The van der Waals surface area contributed by atoms with Crippen molar-refractivity contribution in [2.45, 2.75) is 26.1 Å². The van der Waals surface area contributed by atoms with Crippen LogP contribution >= 0.6 is 22.6 Å². The first-order chi connectivity index (χ1) is 19.7. The van der Waals surface area contributed by atoms with Crippen LogP contribution in [0.25, 0.3) is 0 Å². The summed E-state index contributed by atoms with van der Waals surface area (Å²) in [6.45, 7) is 7.55. The highest BCUT2D eigenvalue weighted by Crippen LogP contribution is 2.35. The molecule has 0 fully saturated rings. The SMILES string of the molecule is C=CCOc1c(/C=N/N[C@@H](O)COc2ccc([C@H]3NC(=O)NC(C)=C3C(=O)OC)cc2OCC)cc(I)cc1OC. The molecule has 0 bridgehead atoms. The first-order valence-electron chi connectivity index (χ1n) is 12.6. The number of carbonyl (C=O) groups excluding carboxylic acids is 2. The number of nitrogens with zero attached hydrogens (tertiary/aromatic N) is 1. The molecule has 1 aliphatic rings. The van der Waals surface area contributed by atoms with Crippen LogP contribution in [0.4, 0.5) is 4.79 Å². The predicted octanol–water partition coefficient (Wildman–Crippen LogP) is 3.39. The van der Waals surface area contributed by atoms with E-state index in [0.29, 0.717) is 46.4 Å². The van der Waals surface area contributed by atoms with Crippen molar-refractivity contribution in [1.82, 2.24) is 16.1 Å². The molecule has 3 rings (SSSR count). The molecule has 0 saturated heterocycles. The van der Waals surface area contributed by atoms with Gasteiger partial charge >= 0.3 is 12.0 Å². The van der Waals surface area contributed by atoms with Crippen LogP contribution in [0.2, 0.25) is 0 Å². The Hall–Kier alpha value is -3.98. The average Bonchev–Trinajstić information content (AvgIpc) is 2.95. The lowest BCUT2D eigenvalue weighted by Crippen LogP contribution is -2.45. The Balaban J connectivity index is 1.73. The summed E-state index contributed by atoms with van der Waals surface area (Å²) < 4.78 is 28.5. The zero-order chi connectivity index (χ0) is 29.9. The lowest BCUT2D eigenvalue weighted by molar-refractivity contribution is -0.136. The summed E-state index contributed by atoms with van der Waals surface area (Å²) in [6, 6.07) is 7.48. The van der Waals surface area contributed by atoms with Gasteiger partial charge in [-0.15, -0.1) is 0 Å². The Kier molecular flexibility index (Phi) is 11.6. The van der Waals surface area contributed by atoms with Crippen LogP contribution in [-0.4, -0.2) is 63.6 Å². The van der Waals surface area contributed by atoms with Gasteiger partial charge in [-0.3, -0.25) is 5.43 Å². The minimum atomic E-state index is -1.16. The maximum Gasteiger partial charge on any atom is 0.337 e. The number of allylic oxidation sites excluding steroid dienone is 1. The Morgan fingerprint density at radius 1 is 1.20 bits per heavy atom. The van der Waals surface area contributed by atoms with Gasteiger partial charge in [0.1, 0.15) is 13.2 Å². The molecular formula is C28H33IN4O8. The molecule has 0 aliphatic carbocycles. The molecule has 2 amide bonds. The fraction of sp³-hybridized carbons (Fsp3) is 0.321. The fourth-order valence-electron chi connectivity index (χ4n) is 3.95. The van der Waals surface area contributed by atoms with Gasteiger partial charge in [0.25, 0.3) is 0 Å². The van der Waals surface area contributed by atoms with Crippen molar-refractivity contribution in [2.24, 2.45) is 5.10 Å². The van der Waals surface area contributed by atoms with E-state index in [0.717, 1.165) is 3.57 Å². The average molecular weight is 680 g/mol. The predicted molar refractivity (Wildman–Crippen MR) is 160 cm³/mol.